The van der Waals surface area contributed by atoms with Crippen molar-refractivity contribution in [3.63, 3.8) is 0 Å². The first-order chi connectivity index (χ1) is 8.31. The predicted molar refractivity (Wildman–Crippen MR) is 72.3 cm³/mol. The summed E-state index contributed by atoms with van der Waals surface area (Å²) < 4.78 is 2.55. The highest BCUT2D eigenvalue weighted by Gasteiger charge is 2.27. The number of rotatable bonds is 4. The van der Waals surface area contributed by atoms with Gasteiger partial charge in [0.25, 0.3) is 0 Å². The lowest BCUT2D eigenvalue weighted by Crippen LogP contribution is -2.05. The van der Waals surface area contributed by atoms with Gasteiger partial charge in [0.2, 0.25) is 0 Å². The molecule has 1 aliphatic carbocycles. The first-order valence-electron chi connectivity index (χ1n) is 6.61. The van der Waals surface area contributed by atoms with E-state index in [9.17, 15) is 0 Å². The van der Waals surface area contributed by atoms with Crippen LogP contribution in [0.25, 0.3) is 10.9 Å². The van der Waals surface area contributed by atoms with E-state index in [0.29, 0.717) is 0 Å². The van der Waals surface area contributed by atoms with Crippen LogP contribution < -0.4 is 5.73 Å². The third-order valence-electron chi connectivity index (χ3n) is 3.73. The summed E-state index contributed by atoms with van der Waals surface area (Å²) in [7, 11) is 0. The lowest BCUT2D eigenvalue weighted by molar-refractivity contribution is 0.694. The Morgan fingerprint density at radius 2 is 2.18 bits per heavy atom. The Labute approximate surface area is 102 Å². The molecule has 1 saturated carbocycles. The average molecular weight is 228 g/mol. The maximum absolute atomic E-state index is 5.63. The summed E-state index contributed by atoms with van der Waals surface area (Å²) in [4.78, 5) is 0. The van der Waals surface area contributed by atoms with Crippen molar-refractivity contribution in [1.29, 1.82) is 0 Å². The predicted octanol–water partition coefficient (Wildman–Crippen LogP) is 3.18. The van der Waals surface area contributed by atoms with Gasteiger partial charge in [0.15, 0.2) is 0 Å². The minimum absolute atomic E-state index is 0.752. The number of nitrogens with zero attached hydrogens (tertiary/aromatic N) is 1. The standard InChI is InChI=1S/C15H20N2/c1-11-4-2-6-15-14(11)10-13(5-3-9-16)17(15)12-7-8-12/h2,4,6,10,12H,3,5,7-9,16H2,1H3. The van der Waals surface area contributed by atoms with Gasteiger partial charge in [-0.2, -0.15) is 0 Å². The van der Waals surface area contributed by atoms with Crippen molar-refractivity contribution in [2.24, 2.45) is 5.73 Å². The van der Waals surface area contributed by atoms with Gasteiger partial charge in [0, 0.05) is 22.6 Å². The van der Waals surface area contributed by atoms with Crippen LogP contribution in [0.1, 0.15) is 36.6 Å². The van der Waals surface area contributed by atoms with Crippen molar-refractivity contribution in [3.05, 3.63) is 35.5 Å². The molecule has 0 aliphatic heterocycles. The molecule has 0 amide bonds. The summed E-state index contributed by atoms with van der Waals surface area (Å²) in [5.74, 6) is 0. The van der Waals surface area contributed by atoms with Crippen LogP contribution in [0, 0.1) is 6.92 Å². The van der Waals surface area contributed by atoms with Crippen LogP contribution in [0.5, 0.6) is 0 Å². The van der Waals surface area contributed by atoms with Crippen molar-refractivity contribution in [2.45, 2.75) is 38.6 Å². The zero-order chi connectivity index (χ0) is 11.8. The second-order valence-corrected chi connectivity index (χ2v) is 5.14. The molecule has 17 heavy (non-hydrogen) atoms. The molecule has 1 aliphatic rings. The molecule has 0 atom stereocenters. The number of benzene rings is 1. The molecule has 0 radical (unpaired) electrons. The summed E-state index contributed by atoms with van der Waals surface area (Å²) in [5.41, 5.74) is 9.91. The molecule has 0 saturated heterocycles. The molecule has 0 unspecified atom stereocenters. The molecule has 3 rings (SSSR count). The molecule has 2 aromatic rings. The molecule has 1 aromatic heterocycles. The summed E-state index contributed by atoms with van der Waals surface area (Å²) in [6, 6.07) is 9.75. The number of aromatic nitrogens is 1. The maximum atomic E-state index is 5.63. The number of fused-ring (bicyclic) bond motifs is 1. The fraction of sp³-hybridized carbons (Fsp3) is 0.467. The van der Waals surface area contributed by atoms with E-state index < -0.39 is 0 Å². The number of nitrogens with two attached hydrogens (primary N) is 1. The number of hydrogen-bond acceptors (Lipinski definition) is 1. The van der Waals surface area contributed by atoms with Crippen LogP contribution >= 0.6 is 0 Å². The molecule has 90 valence electrons. The van der Waals surface area contributed by atoms with Gasteiger partial charge in [-0.3, -0.25) is 0 Å². The highest BCUT2D eigenvalue weighted by molar-refractivity contribution is 5.85. The number of aryl methyl sites for hydroxylation is 2. The average Bonchev–Trinajstić information content (AvgIpc) is 3.09. The molecule has 0 spiro atoms. The fourth-order valence-electron chi connectivity index (χ4n) is 2.69. The zero-order valence-corrected chi connectivity index (χ0v) is 10.4. The minimum Gasteiger partial charge on any atom is -0.342 e. The van der Waals surface area contributed by atoms with E-state index in [0.717, 1.165) is 25.4 Å². The highest BCUT2D eigenvalue weighted by Crippen LogP contribution is 2.40. The monoisotopic (exact) mass is 228 g/mol. The van der Waals surface area contributed by atoms with E-state index in [4.69, 9.17) is 5.73 Å². The fourth-order valence-corrected chi connectivity index (χ4v) is 2.69. The van der Waals surface area contributed by atoms with Crippen molar-refractivity contribution in [3.8, 4) is 0 Å². The third-order valence-corrected chi connectivity index (χ3v) is 3.73. The number of hydrogen-bond donors (Lipinski definition) is 1. The van der Waals surface area contributed by atoms with Crippen molar-refractivity contribution < 1.29 is 0 Å². The largest absolute Gasteiger partial charge is 0.342 e. The van der Waals surface area contributed by atoms with Crippen molar-refractivity contribution >= 4 is 10.9 Å². The molecule has 1 aromatic carbocycles. The molecule has 2 heteroatoms. The van der Waals surface area contributed by atoms with Gasteiger partial charge in [-0.15, -0.1) is 0 Å². The van der Waals surface area contributed by atoms with E-state index in [2.05, 4.69) is 35.8 Å². The molecule has 2 nitrogen and oxygen atoms in total. The summed E-state index contributed by atoms with van der Waals surface area (Å²) in [6.45, 7) is 2.98. The Kier molecular flexibility index (Phi) is 2.67. The normalized spacial score (nSPS) is 15.6. The first-order valence-corrected chi connectivity index (χ1v) is 6.61. The molecule has 0 bridgehead atoms. The van der Waals surface area contributed by atoms with Crippen molar-refractivity contribution in [1.82, 2.24) is 4.57 Å². The lowest BCUT2D eigenvalue weighted by atomic mass is 10.1. The Bertz CT molecular complexity index is 535. The van der Waals surface area contributed by atoms with Crippen LogP contribution in [0.2, 0.25) is 0 Å². The van der Waals surface area contributed by atoms with Crippen LogP contribution in [-0.4, -0.2) is 11.1 Å². The quantitative estimate of drug-likeness (QED) is 0.856. The molecule has 1 fully saturated rings. The second kappa shape index (κ2) is 4.19. The van der Waals surface area contributed by atoms with Crippen LogP contribution in [0.4, 0.5) is 0 Å². The zero-order valence-electron chi connectivity index (χ0n) is 10.4. The van der Waals surface area contributed by atoms with Crippen molar-refractivity contribution in [2.75, 3.05) is 6.54 Å². The smallest absolute Gasteiger partial charge is 0.0487 e. The van der Waals surface area contributed by atoms with Gasteiger partial charge in [0.05, 0.1) is 0 Å². The van der Waals surface area contributed by atoms with E-state index in [1.807, 2.05) is 0 Å². The highest BCUT2D eigenvalue weighted by atomic mass is 15.1. The summed E-state index contributed by atoms with van der Waals surface area (Å²) in [6.07, 6.45) is 4.88. The molecular weight excluding hydrogens is 208 g/mol. The Hall–Kier alpha value is -1.28. The van der Waals surface area contributed by atoms with Crippen LogP contribution in [0.15, 0.2) is 24.3 Å². The molecule has 1 heterocycles. The van der Waals surface area contributed by atoms with Gasteiger partial charge in [0.1, 0.15) is 0 Å². The van der Waals surface area contributed by atoms with Crippen LogP contribution in [0.3, 0.4) is 0 Å². The summed E-state index contributed by atoms with van der Waals surface area (Å²) in [5, 5.41) is 1.42. The Morgan fingerprint density at radius 3 is 2.88 bits per heavy atom. The van der Waals surface area contributed by atoms with E-state index >= 15 is 0 Å². The molecule has 2 N–H and O–H groups in total. The van der Waals surface area contributed by atoms with Gasteiger partial charge in [-0.05, 0) is 56.8 Å². The second-order valence-electron chi connectivity index (χ2n) is 5.14. The maximum Gasteiger partial charge on any atom is 0.0487 e. The topological polar surface area (TPSA) is 30.9 Å². The Morgan fingerprint density at radius 1 is 1.35 bits per heavy atom. The van der Waals surface area contributed by atoms with Gasteiger partial charge in [-0.25, -0.2) is 0 Å². The van der Waals surface area contributed by atoms with Gasteiger partial charge in [-0.1, -0.05) is 12.1 Å². The van der Waals surface area contributed by atoms with E-state index in [-0.39, 0.29) is 0 Å². The molecular formula is C15H20N2. The third kappa shape index (κ3) is 1.87. The lowest BCUT2D eigenvalue weighted by Gasteiger charge is -2.09. The Balaban J connectivity index is 2.12. The minimum atomic E-state index is 0.752. The summed E-state index contributed by atoms with van der Waals surface area (Å²) >= 11 is 0. The van der Waals surface area contributed by atoms with Gasteiger partial charge >= 0.3 is 0 Å². The van der Waals surface area contributed by atoms with Gasteiger partial charge < -0.3 is 10.3 Å². The van der Waals surface area contributed by atoms with E-state index in [1.165, 1.54) is 35.0 Å². The first kappa shape index (κ1) is 10.8. The SMILES string of the molecule is Cc1cccc2c1cc(CCCN)n2C1CC1. The van der Waals surface area contributed by atoms with E-state index in [1.54, 1.807) is 0 Å². The van der Waals surface area contributed by atoms with Crippen LogP contribution in [-0.2, 0) is 6.42 Å².